The van der Waals surface area contributed by atoms with E-state index >= 15 is 0 Å². The number of rotatable bonds is 4. The van der Waals surface area contributed by atoms with Gasteiger partial charge in [0.05, 0.1) is 10.9 Å². The number of piperidine rings is 1. The number of amides is 1. The van der Waals surface area contributed by atoms with E-state index in [0.29, 0.717) is 16.8 Å². The molecule has 0 saturated carbocycles. The van der Waals surface area contributed by atoms with E-state index < -0.39 is 0 Å². The van der Waals surface area contributed by atoms with Crippen molar-refractivity contribution in [3.05, 3.63) is 34.1 Å². The summed E-state index contributed by atoms with van der Waals surface area (Å²) >= 11 is 3.15. The van der Waals surface area contributed by atoms with Gasteiger partial charge >= 0.3 is 0 Å². The number of nitrogens with zero attached hydrogens (tertiary/aromatic N) is 1. The van der Waals surface area contributed by atoms with Crippen LogP contribution in [0.2, 0.25) is 0 Å². The molecule has 0 spiro atoms. The van der Waals surface area contributed by atoms with Crippen LogP contribution in [0.4, 0.5) is 4.39 Å². The van der Waals surface area contributed by atoms with Crippen LogP contribution in [-0.2, 0) is 11.2 Å². The third-order valence-corrected chi connectivity index (χ3v) is 4.41. The first kappa shape index (κ1) is 15.4. The van der Waals surface area contributed by atoms with Crippen LogP contribution in [-0.4, -0.2) is 37.5 Å². The minimum Gasteiger partial charge on any atom is -0.342 e. The summed E-state index contributed by atoms with van der Waals surface area (Å²) in [6, 6.07) is 4.75. The number of hydrogen-bond donors (Lipinski definition) is 1. The van der Waals surface area contributed by atoms with Gasteiger partial charge in [0.2, 0.25) is 5.91 Å². The van der Waals surface area contributed by atoms with Gasteiger partial charge in [-0.25, -0.2) is 4.39 Å². The van der Waals surface area contributed by atoms with Gasteiger partial charge in [-0.3, -0.25) is 4.79 Å². The molecule has 5 heteroatoms. The Labute approximate surface area is 127 Å². The maximum atomic E-state index is 13.2. The monoisotopic (exact) mass is 342 g/mol. The summed E-state index contributed by atoms with van der Waals surface area (Å²) in [5, 5.41) is 3.19. The molecule has 20 heavy (non-hydrogen) atoms. The summed E-state index contributed by atoms with van der Waals surface area (Å²) in [6.45, 7) is 2.67. The molecular weight excluding hydrogens is 323 g/mol. The molecule has 1 aromatic carbocycles. The number of benzene rings is 1. The minimum atomic E-state index is -0.297. The first-order valence-corrected chi connectivity index (χ1v) is 7.75. The van der Waals surface area contributed by atoms with Crippen LogP contribution >= 0.6 is 15.9 Å². The van der Waals surface area contributed by atoms with Gasteiger partial charge < -0.3 is 10.2 Å². The molecule has 1 aromatic rings. The molecule has 3 nitrogen and oxygen atoms in total. The standard InChI is InChI=1S/C15H20BrFN2O/c1-18-10-11-4-6-19(7-5-11)15(20)9-12-2-3-14(17)13(16)8-12/h2-3,8,11,18H,4-7,9-10H2,1H3. The Morgan fingerprint density at radius 1 is 1.45 bits per heavy atom. The van der Waals surface area contributed by atoms with Gasteiger partial charge in [-0.1, -0.05) is 6.07 Å². The fraction of sp³-hybridized carbons (Fsp3) is 0.533. The number of hydrogen-bond acceptors (Lipinski definition) is 2. The van der Waals surface area contributed by atoms with Gasteiger partial charge in [0.1, 0.15) is 5.82 Å². The highest BCUT2D eigenvalue weighted by molar-refractivity contribution is 9.10. The van der Waals surface area contributed by atoms with Crippen LogP contribution in [0.25, 0.3) is 0 Å². The van der Waals surface area contributed by atoms with Crippen molar-refractivity contribution in [2.75, 3.05) is 26.7 Å². The number of carbonyl (C=O) groups excluding carboxylic acids is 1. The van der Waals surface area contributed by atoms with E-state index in [1.165, 1.54) is 6.07 Å². The van der Waals surface area contributed by atoms with Gasteiger partial charge in [0, 0.05) is 13.1 Å². The molecule has 110 valence electrons. The predicted molar refractivity (Wildman–Crippen MR) is 81.0 cm³/mol. The Morgan fingerprint density at radius 3 is 2.75 bits per heavy atom. The highest BCUT2D eigenvalue weighted by Crippen LogP contribution is 2.20. The molecule has 0 bridgehead atoms. The molecule has 1 amide bonds. The van der Waals surface area contributed by atoms with E-state index in [4.69, 9.17) is 0 Å². The quantitative estimate of drug-likeness (QED) is 0.912. The van der Waals surface area contributed by atoms with Crippen LogP contribution in [0.3, 0.4) is 0 Å². The van der Waals surface area contributed by atoms with E-state index in [1.807, 2.05) is 11.9 Å². The molecule has 0 aromatic heterocycles. The zero-order valence-electron chi connectivity index (χ0n) is 11.7. The zero-order valence-corrected chi connectivity index (χ0v) is 13.2. The second-order valence-corrected chi connectivity index (χ2v) is 6.16. The Kier molecular flexibility index (Phi) is 5.54. The van der Waals surface area contributed by atoms with E-state index in [-0.39, 0.29) is 11.7 Å². The van der Waals surface area contributed by atoms with Crippen molar-refractivity contribution >= 4 is 21.8 Å². The topological polar surface area (TPSA) is 32.3 Å². The average Bonchev–Trinajstić information content (AvgIpc) is 2.44. The van der Waals surface area contributed by atoms with Crippen LogP contribution in [0.5, 0.6) is 0 Å². The first-order chi connectivity index (χ1) is 9.60. The molecule has 1 heterocycles. The third kappa shape index (κ3) is 4.03. The van der Waals surface area contributed by atoms with Gasteiger partial charge in [0.25, 0.3) is 0 Å². The Morgan fingerprint density at radius 2 is 2.15 bits per heavy atom. The van der Waals surface area contributed by atoms with Crippen molar-refractivity contribution in [2.45, 2.75) is 19.3 Å². The molecule has 1 aliphatic rings. The molecule has 1 saturated heterocycles. The number of halogens is 2. The lowest BCUT2D eigenvalue weighted by molar-refractivity contribution is -0.131. The van der Waals surface area contributed by atoms with E-state index in [1.54, 1.807) is 12.1 Å². The van der Waals surface area contributed by atoms with Crippen LogP contribution in [0, 0.1) is 11.7 Å². The number of nitrogens with one attached hydrogen (secondary N) is 1. The lowest BCUT2D eigenvalue weighted by Gasteiger charge is -2.32. The largest absolute Gasteiger partial charge is 0.342 e. The van der Waals surface area contributed by atoms with Crippen molar-refractivity contribution in [3.8, 4) is 0 Å². The minimum absolute atomic E-state index is 0.131. The highest BCUT2D eigenvalue weighted by atomic mass is 79.9. The van der Waals surface area contributed by atoms with Crippen LogP contribution in [0.15, 0.2) is 22.7 Å². The number of likely N-dealkylation sites (tertiary alicyclic amines) is 1. The van der Waals surface area contributed by atoms with Crippen LogP contribution < -0.4 is 5.32 Å². The van der Waals surface area contributed by atoms with E-state index in [9.17, 15) is 9.18 Å². The second kappa shape index (κ2) is 7.18. The Bertz CT molecular complexity index is 473. The van der Waals surface area contributed by atoms with Gasteiger partial charge in [-0.2, -0.15) is 0 Å². The molecule has 0 unspecified atom stereocenters. The smallest absolute Gasteiger partial charge is 0.226 e. The Hall–Kier alpha value is -0.940. The summed E-state index contributed by atoms with van der Waals surface area (Å²) in [5.74, 6) is 0.504. The van der Waals surface area contributed by atoms with Crippen molar-refractivity contribution in [2.24, 2.45) is 5.92 Å². The fourth-order valence-electron chi connectivity index (χ4n) is 2.61. The van der Waals surface area contributed by atoms with Gasteiger partial charge in [-0.05, 0) is 66.0 Å². The molecule has 0 aliphatic carbocycles. The lowest BCUT2D eigenvalue weighted by atomic mass is 9.96. The fourth-order valence-corrected chi connectivity index (χ4v) is 3.04. The maximum absolute atomic E-state index is 13.2. The lowest BCUT2D eigenvalue weighted by Crippen LogP contribution is -2.41. The molecular formula is C15H20BrFN2O. The SMILES string of the molecule is CNCC1CCN(C(=O)Cc2ccc(F)c(Br)c2)CC1. The van der Waals surface area contributed by atoms with E-state index in [0.717, 1.165) is 38.0 Å². The van der Waals surface area contributed by atoms with Crippen molar-refractivity contribution in [3.63, 3.8) is 0 Å². The number of carbonyl (C=O) groups is 1. The van der Waals surface area contributed by atoms with Crippen molar-refractivity contribution < 1.29 is 9.18 Å². The molecule has 0 radical (unpaired) electrons. The van der Waals surface area contributed by atoms with Gasteiger partial charge in [0.15, 0.2) is 0 Å². The normalized spacial score (nSPS) is 16.4. The third-order valence-electron chi connectivity index (χ3n) is 3.80. The summed E-state index contributed by atoms with van der Waals surface area (Å²) < 4.78 is 13.6. The summed E-state index contributed by atoms with van der Waals surface area (Å²) in [6.07, 6.45) is 2.45. The second-order valence-electron chi connectivity index (χ2n) is 5.31. The van der Waals surface area contributed by atoms with Crippen molar-refractivity contribution in [1.29, 1.82) is 0 Å². The summed E-state index contributed by atoms with van der Waals surface area (Å²) in [7, 11) is 1.96. The molecule has 0 atom stereocenters. The molecule has 2 rings (SSSR count). The summed E-state index contributed by atoms with van der Waals surface area (Å²) in [4.78, 5) is 14.1. The molecule has 1 N–H and O–H groups in total. The highest BCUT2D eigenvalue weighted by Gasteiger charge is 2.22. The van der Waals surface area contributed by atoms with Gasteiger partial charge in [-0.15, -0.1) is 0 Å². The summed E-state index contributed by atoms with van der Waals surface area (Å²) in [5.41, 5.74) is 0.848. The predicted octanol–water partition coefficient (Wildman–Crippen LogP) is 2.59. The average molecular weight is 343 g/mol. The Balaban J connectivity index is 1.88. The molecule has 1 fully saturated rings. The van der Waals surface area contributed by atoms with Crippen LogP contribution in [0.1, 0.15) is 18.4 Å². The maximum Gasteiger partial charge on any atom is 0.226 e. The van der Waals surface area contributed by atoms with E-state index in [2.05, 4.69) is 21.2 Å². The van der Waals surface area contributed by atoms with Crippen molar-refractivity contribution in [1.82, 2.24) is 10.2 Å². The molecule has 1 aliphatic heterocycles. The zero-order chi connectivity index (χ0) is 14.5. The first-order valence-electron chi connectivity index (χ1n) is 6.96.